The molecular formula is C20H22FN5O2. The Morgan fingerprint density at radius 3 is 2.93 bits per heavy atom. The zero-order valence-corrected chi connectivity index (χ0v) is 15.7. The number of nitrogens with zero attached hydrogens (tertiary/aromatic N) is 4. The summed E-state index contributed by atoms with van der Waals surface area (Å²) in [6, 6.07) is 3.30. The van der Waals surface area contributed by atoms with E-state index >= 15 is 0 Å². The van der Waals surface area contributed by atoms with Crippen LogP contribution in [0.1, 0.15) is 36.2 Å². The average Bonchev–Trinajstić information content (AvgIpc) is 3.07. The lowest BCUT2D eigenvalue weighted by atomic mass is 10.1. The molecule has 1 fully saturated rings. The molecule has 2 aliphatic rings. The second-order valence-corrected chi connectivity index (χ2v) is 7.53. The third-order valence-electron chi connectivity index (χ3n) is 5.73. The van der Waals surface area contributed by atoms with Crippen LogP contribution >= 0.6 is 0 Å². The maximum Gasteiger partial charge on any atom is 0.264 e. The number of nitrogens with one attached hydrogen (secondary N) is 1. The van der Waals surface area contributed by atoms with E-state index in [1.165, 1.54) is 6.07 Å². The predicted octanol–water partition coefficient (Wildman–Crippen LogP) is 2.32. The molecule has 2 aromatic heterocycles. The molecule has 0 radical (unpaired) electrons. The van der Waals surface area contributed by atoms with Gasteiger partial charge in [0.25, 0.3) is 5.56 Å². The van der Waals surface area contributed by atoms with Gasteiger partial charge < -0.3 is 14.6 Å². The highest BCUT2D eigenvalue weighted by molar-refractivity contribution is 5.82. The van der Waals surface area contributed by atoms with Crippen LogP contribution < -0.4 is 15.8 Å². The third kappa shape index (κ3) is 2.88. The SMILES string of the molecule is Cc1nc2c(o1)CN(c1cc(F)c3c(=O)n(C4CCNCC4)cnc3c1)CC2. The van der Waals surface area contributed by atoms with Gasteiger partial charge in [-0.15, -0.1) is 0 Å². The first-order chi connectivity index (χ1) is 13.6. The number of aryl methyl sites for hydroxylation is 1. The maximum absolute atomic E-state index is 15.0. The molecule has 0 atom stereocenters. The molecule has 0 bridgehead atoms. The Hall–Kier alpha value is -2.74. The standard InChI is InChI=1S/C20H22FN5O2/c1-12-24-16-4-7-25(10-18(16)28-12)14-8-15(21)19-17(9-14)23-11-26(20(19)27)13-2-5-22-6-3-13/h8-9,11,13,22H,2-7,10H2,1H3. The van der Waals surface area contributed by atoms with E-state index in [1.807, 2.05) is 11.8 Å². The Kier molecular flexibility index (Phi) is 4.16. The van der Waals surface area contributed by atoms with Crippen molar-refractivity contribution < 1.29 is 8.81 Å². The number of hydrogen-bond donors (Lipinski definition) is 1. The molecule has 4 heterocycles. The first-order valence-electron chi connectivity index (χ1n) is 9.71. The van der Waals surface area contributed by atoms with Crippen LogP contribution in [0.3, 0.4) is 0 Å². The Morgan fingerprint density at radius 1 is 1.29 bits per heavy atom. The lowest BCUT2D eigenvalue weighted by Gasteiger charge is -2.28. The van der Waals surface area contributed by atoms with Crippen LogP contribution in [0.2, 0.25) is 0 Å². The molecular weight excluding hydrogens is 361 g/mol. The summed E-state index contributed by atoms with van der Waals surface area (Å²) in [6.07, 6.45) is 4.01. The molecule has 0 aliphatic carbocycles. The van der Waals surface area contributed by atoms with E-state index in [-0.39, 0.29) is 17.0 Å². The molecule has 0 saturated carbocycles. The normalized spacial score (nSPS) is 17.9. The van der Waals surface area contributed by atoms with Crippen LogP contribution in [0.5, 0.6) is 0 Å². The lowest BCUT2D eigenvalue weighted by molar-refractivity contribution is 0.359. The van der Waals surface area contributed by atoms with Crippen LogP contribution in [0.4, 0.5) is 10.1 Å². The van der Waals surface area contributed by atoms with E-state index in [0.29, 0.717) is 23.6 Å². The molecule has 5 rings (SSSR count). The van der Waals surface area contributed by atoms with Gasteiger partial charge in [-0.2, -0.15) is 0 Å². The maximum atomic E-state index is 15.0. The molecule has 0 spiro atoms. The number of anilines is 1. The van der Waals surface area contributed by atoms with Gasteiger partial charge in [-0.1, -0.05) is 0 Å². The second-order valence-electron chi connectivity index (χ2n) is 7.53. The number of benzene rings is 1. The first-order valence-corrected chi connectivity index (χ1v) is 9.71. The molecule has 7 nitrogen and oxygen atoms in total. The van der Waals surface area contributed by atoms with Crippen LogP contribution in [0, 0.1) is 12.7 Å². The monoisotopic (exact) mass is 383 g/mol. The zero-order valence-electron chi connectivity index (χ0n) is 15.7. The van der Waals surface area contributed by atoms with Crippen molar-refractivity contribution in [3.63, 3.8) is 0 Å². The van der Waals surface area contributed by atoms with E-state index in [9.17, 15) is 9.18 Å². The Bertz CT molecular complexity index is 1100. The van der Waals surface area contributed by atoms with Gasteiger partial charge in [0.1, 0.15) is 17.0 Å². The number of aromatic nitrogens is 3. The minimum atomic E-state index is -0.521. The Balaban J connectivity index is 1.52. The van der Waals surface area contributed by atoms with Crippen molar-refractivity contribution in [2.75, 3.05) is 24.5 Å². The van der Waals surface area contributed by atoms with Crippen molar-refractivity contribution in [3.8, 4) is 0 Å². The molecule has 1 N–H and O–H groups in total. The molecule has 8 heteroatoms. The van der Waals surface area contributed by atoms with Crippen molar-refractivity contribution in [1.29, 1.82) is 0 Å². The average molecular weight is 383 g/mol. The van der Waals surface area contributed by atoms with Gasteiger partial charge in [-0.3, -0.25) is 9.36 Å². The van der Waals surface area contributed by atoms with Gasteiger partial charge in [0, 0.05) is 31.6 Å². The summed E-state index contributed by atoms with van der Waals surface area (Å²) in [5.74, 6) is 0.947. The molecule has 1 aromatic carbocycles. The van der Waals surface area contributed by atoms with E-state index < -0.39 is 5.82 Å². The topological polar surface area (TPSA) is 76.2 Å². The highest BCUT2D eigenvalue weighted by Gasteiger charge is 2.24. The summed E-state index contributed by atoms with van der Waals surface area (Å²) < 4.78 is 22.2. The molecule has 2 aliphatic heterocycles. The van der Waals surface area contributed by atoms with Crippen molar-refractivity contribution in [2.45, 2.75) is 38.8 Å². The van der Waals surface area contributed by atoms with Gasteiger partial charge >= 0.3 is 0 Å². The van der Waals surface area contributed by atoms with Crippen LogP contribution in [0.25, 0.3) is 10.9 Å². The number of rotatable bonds is 2. The summed E-state index contributed by atoms with van der Waals surface area (Å²) in [6.45, 7) is 4.79. The number of piperidine rings is 1. The first kappa shape index (κ1) is 17.4. The minimum Gasteiger partial charge on any atom is -0.444 e. The molecule has 1 saturated heterocycles. The van der Waals surface area contributed by atoms with Crippen molar-refractivity contribution in [3.05, 3.63) is 52.0 Å². The highest BCUT2D eigenvalue weighted by atomic mass is 19.1. The van der Waals surface area contributed by atoms with E-state index in [2.05, 4.69) is 15.3 Å². The third-order valence-corrected chi connectivity index (χ3v) is 5.73. The highest BCUT2D eigenvalue weighted by Crippen LogP contribution is 2.28. The van der Waals surface area contributed by atoms with Crippen molar-refractivity contribution in [2.24, 2.45) is 0 Å². The molecule has 3 aromatic rings. The van der Waals surface area contributed by atoms with Gasteiger partial charge in [0.2, 0.25) is 0 Å². The largest absolute Gasteiger partial charge is 0.444 e. The lowest BCUT2D eigenvalue weighted by Crippen LogP contribution is -2.34. The Morgan fingerprint density at radius 2 is 2.11 bits per heavy atom. The van der Waals surface area contributed by atoms with Gasteiger partial charge in [0.15, 0.2) is 5.89 Å². The van der Waals surface area contributed by atoms with Crippen LogP contribution in [-0.2, 0) is 13.0 Å². The van der Waals surface area contributed by atoms with Gasteiger partial charge in [0.05, 0.1) is 24.1 Å². The molecule has 146 valence electrons. The summed E-state index contributed by atoms with van der Waals surface area (Å²) in [5.41, 5.74) is 1.77. The minimum absolute atomic E-state index is 0.0676. The summed E-state index contributed by atoms with van der Waals surface area (Å²) in [7, 11) is 0. The van der Waals surface area contributed by atoms with Crippen molar-refractivity contribution in [1.82, 2.24) is 19.9 Å². The number of oxazole rings is 1. The second kappa shape index (κ2) is 6.70. The predicted molar refractivity (Wildman–Crippen MR) is 103 cm³/mol. The smallest absolute Gasteiger partial charge is 0.264 e. The fourth-order valence-corrected chi connectivity index (χ4v) is 4.27. The van der Waals surface area contributed by atoms with E-state index in [0.717, 1.165) is 50.4 Å². The summed E-state index contributed by atoms with van der Waals surface area (Å²) in [4.78, 5) is 23.8. The van der Waals surface area contributed by atoms with Gasteiger partial charge in [-0.25, -0.2) is 14.4 Å². The fraction of sp³-hybridized carbons (Fsp3) is 0.450. The van der Waals surface area contributed by atoms with E-state index in [1.54, 1.807) is 17.0 Å². The number of hydrogen-bond acceptors (Lipinski definition) is 6. The van der Waals surface area contributed by atoms with Crippen LogP contribution in [0.15, 0.2) is 27.7 Å². The van der Waals surface area contributed by atoms with Crippen LogP contribution in [-0.4, -0.2) is 34.2 Å². The summed E-state index contributed by atoms with van der Waals surface area (Å²) >= 11 is 0. The van der Waals surface area contributed by atoms with E-state index in [4.69, 9.17) is 4.42 Å². The number of halogens is 1. The summed E-state index contributed by atoms with van der Waals surface area (Å²) in [5, 5.41) is 3.34. The zero-order chi connectivity index (χ0) is 19.3. The molecule has 0 unspecified atom stereocenters. The molecule has 28 heavy (non-hydrogen) atoms. The Labute approximate surface area is 161 Å². The quantitative estimate of drug-likeness (QED) is 0.732. The van der Waals surface area contributed by atoms with Crippen molar-refractivity contribution >= 4 is 16.6 Å². The fourth-order valence-electron chi connectivity index (χ4n) is 4.27. The molecule has 0 amide bonds. The number of fused-ring (bicyclic) bond motifs is 2. The van der Waals surface area contributed by atoms with Gasteiger partial charge in [-0.05, 0) is 38.1 Å².